The Hall–Kier alpha value is -1.92. The summed E-state index contributed by atoms with van der Waals surface area (Å²) < 4.78 is 3.44. The van der Waals surface area contributed by atoms with Gasteiger partial charge in [0.1, 0.15) is 5.69 Å². The largest absolute Gasteiger partial charge is 0.381 e. The Labute approximate surface area is 93.2 Å². The van der Waals surface area contributed by atoms with Gasteiger partial charge >= 0.3 is 0 Å². The molecule has 0 saturated heterocycles. The number of aryl methyl sites for hydroxylation is 1. The monoisotopic (exact) mass is 221 g/mol. The van der Waals surface area contributed by atoms with Crippen molar-refractivity contribution in [2.45, 2.75) is 26.3 Å². The minimum absolute atomic E-state index is 0.505. The van der Waals surface area contributed by atoms with Gasteiger partial charge in [-0.3, -0.25) is 4.68 Å². The molecule has 0 aliphatic carbocycles. The summed E-state index contributed by atoms with van der Waals surface area (Å²) in [5, 5.41) is 15.8. The molecule has 2 heterocycles. The van der Waals surface area contributed by atoms with Gasteiger partial charge in [-0.15, -0.1) is 10.2 Å². The van der Waals surface area contributed by atoms with Gasteiger partial charge in [0.2, 0.25) is 0 Å². The number of anilines is 1. The molecule has 2 aromatic heterocycles. The zero-order chi connectivity index (χ0) is 11.5. The molecule has 0 saturated carbocycles. The first kappa shape index (κ1) is 10.6. The summed E-state index contributed by atoms with van der Waals surface area (Å²) in [7, 11) is 1.83. The highest BCUT2D eigenvalue weighted by atomic mass is 15.5. The van der Waals surface area contributed by atoms with Crippen molar-refractivity contribution in [3.63, 3.8) is 0 Å². The predicted octanol–water partition coefficient (Wildman–Crippen LogP) is -0.0104. The molecule has 2 aromatic rings. The van der Waals surface area contributed by atoms with Gasteiger partial charge in [-0.25, -0.2) is 4.68 Å². The van der Waals surface area contributed by atoms with Crippen LogP contribution in [0.15, 0.2) is 6.20 Å². The first-order chi connectivity index (χ1) is 7.70. The Kier molecular flexibility index (Phi) is 2.84. The van der Waals surface area contributed by atoms with Gasteiger partial charge in [0.25, 0.3) is 0 Å². The molecule has 0 atom stereocenters. The molecule has 0 aliphatic heterocycles. The smallest absolute Gasteiger partial charge is 0.169 e. The summed E-state index contributed by atoms with van der Waals surface area (Å²) in [5.74, 6) is 0.505. The number of hydrogen-bond acceptors (Lipinski definition) is 5. The van der Waals surface area contributed by atoms with E-state index in [2.05, 4.69) is 27.5 Å². The molecule has 2 rings (SSSR count). The van der Waals surface area contributed by atoms with Gasteiger partial charge in [0.15, 0.2) is 5.82 Å². The average molecular weight is 221 g/mol. The minimum Gasteiger partial charge on any atom is -0.381 e. The van der Waals surface area contributed by atoms with Crippen molar-refractivity contribution in [3.8, 4) is 0 Å². The SMILES string of the molecule is CCCc1c(N)nnn1Cc1cn(C)nn1. The van der Waals surface area contributed by atoms with Crippen LogP contribution in [0.25, 0.3) is 0 Å². The standard InChI is InChI=1S/C9H15N7/c1-3-4-8-9(10)12-14-16(8)6-7-5-15(2)13-11-7/h5H,3-4,6,10H2,1-2H3. The molecule has 0 aromatic carbocycles. The molecule has 7 nitrogen and oxygen atoms in total. The highest BCUT2D eigenvalue weighted by Crippen LogP contribution is 2.11. The number of rotatable bonds is 4. The molecule has 0 spiro atoms. The highest BCUT2D eigenvalue weighted by Gasteiger charge is 2.10. The molecular weight excluding hydrogens is 206 g/mol. The van der Waals surface area contributed by atoms with E-state index >= 15 is 0 Å². The summed E-state index contributed by atoms with van der Waals surface area (Å²) in [6, 6.07) is 0. The summed E-state index contributed by atoms with van der Waals surface area (Å²) in [6.07, 6.45) is 3.74. The second kappa shape index (κ2) is 4.30. The predicted molar refractivity (Wildman–Crippen MR) is 58.5 cm³/mol. The average Bonchev–Trinajstić information content (AvgIpc) is 2.79. The molecule has 0 aliphatic rings. The van der Waals surface area contributed by atoms with Gasteiger partial charge in [-0.1, -0.05) is 23.8 Å². The van der Waals surface area contributed by atoms with Crippen LogP contribution in [0, 0.1) is 0 Å². The lowest BCUT2D eigenvalue weighted by Crippen LogP contribution is -2.07. The van der Waals surface area contributed by atoms with Crippen molar-refractivity contribution in [2.75, 3.05) is 5.73 Å². The van der Waals surface area contributed by atoms with Crippen LogP contribution in [0.3, 0.4) is 0 Å². The van der Waals surface area contributed by atoms with Gasteiger partial charge in [-0.2, -0.15) is 0 Å². The van der Waals surface area contributed by atoms with E-state index in [0.717, 1.165) is 24.2 Å². The first-order valence-corrected chi connectivity index (χ1v) is 5.23. The Balaban J connectivity index is 2.20. The van der Waals surface area contributed by atoms with Crippen LogP contribution in [0.2, 0.25) is 0 Å². The second-order valence-electron chi connectivity index (χ2n) is 3.71. The summed E-state index contributed by atoms with van der Waals surface area (Å²) in [6.45, 7) is 2.66. The van der Waals surface area contributed by atoms with Crippen molar-refractivity contribution in [1.82, 2.24) is 30.0 Å². The number of hydrogen-bond donors (Lipinski definition) is 1. The van der Waals surface area contributed by atoms with Gasteiger partial charge in [-0.05, 0) is 6.42 Å². The third kappa shape index (κ3) is 2.02. The van der Waals surface area contributed by atoms with Crippen molar-refractivity contribution < 1.29 is 0 Å². The first-order valence-electron chi connectivity index (χ1n) is 5.23. The van der Waals surface area contributed by atoms with E-state index in [1.54, 1.807) is 9.36 Å². The zero-order valence-electron chi connectivity index (χ0n) is 9.46. The Morgan fingerprint density at radius 1 is 1.31 bits per heavy atom. The van der Waals surface area contributed by atoms with E-state index in [1.165, 1.54) is 0 Å². The highest BCUT2D eigenvalue weighted by molar-refractivity contribution is 5.33. The summed E-state index contributed by atoms with van der Waals surface area (Å²) in [5.41, 5.74) is 7.57. The Bertz CT molecular complexity index is 470. The molecular formula is C9H15N7. The van der Waals surface area contributed by atoms with Gasteiger partial charge in [0, 0.05) is 13.2 Å². The van der Waals surface area contributed by atoms with Crippen LogP contribution in [0.4, 0.5) is 5.82 Å². The zero-order valence-corrected chi connectivity index (χ0v) is 9.46. The van der Waals surface area contributed by atoms with Crippen LogP contribution in [-0.2, 0) is 20.0 Å². The fraction of sp³-hybridized carbons (Fsp3) is 0.556. The van der Waals surface area contributed by atoms with Crippen molar-refractivity contribution >= 4 is 5.82 Å². The summed E-state index contributed by atoms with van der Waals surface area (Å²) in [4.78, 5) is 0. The molecule has 0 unspecified atom stereocenters. The molecule has 16 heavy (non-hydrogen) atoms. The topological polar surface area (TPSA) is 87.4 Å². The molecule has 0 amide bonds. The molecule has 7 heteroatoms. The van der Waals surface area contributed by atoms with Crippen LogP contribution >= 0.6 is 0 Å². The van der Waals surface area contributed by atoms with Gasteiger partial charge < -0.3 is 5.73 Å². The van der Waals surface area contributed by atoms with Crippen molar-refractivity contribution in [3.05, 3.63) is 17.6 Å². The number of aromatic nitrogens is 6. The molecule has 2 N–H and O–H groups in total. The third-order valence-electron chi connectivity index (χ3n) is 2.32. The number of nitrogen functional groups attached to an aromatic ring is 1. The quantitative estimate of drug-likeness (QED) is 0.784. The molecule has 0 bridgehead atoms. The maximum absolute atomic E-state index is 5.75. The Morgan fingerprint density at radius 2 is 2.12 bits per heavy atom. The van der Waals surface area contributed by atoms with Crippen LogP contribution < -0.4 is 5.73 Å². The van der Waals surface area contributed by atoms with Crippen LogP contribution in [-0.4, -0.2) is 30.0 Å². The van der Waals surface area contributed by atoms with Crippen molar-refractivity contribution in [2.24, 2.45) is 7.05 Å². The maximum Gasteiger partial charge on any atom is 0.169 e. The third-order valence-corrected chi connectivity index (χ3v) is 2.32. The van der Waals surface area contributed by atoms with Crippen LogP contribution in [0.5, 0.6) is 0 Å². The lowest BCUT2D eigenvalue weighted by Gasteiger charge is -2.02. The molecule has 86 valence electrons. The molecule has 0 fully saturated rings. The Morgan fingerprint density at radius 3 is 2.75 bits per heavy atom. The minimum atomic E-state index is 0.505. The maximum atomic E-state index is 5.75. The second-order valence-corrected chi connectivity index (χ2v) is 3.71. The van der Waals surface area contributed by atoms with E-state index in [0.29, 0.717) is 12.4 Å². The number of nitrogens with two attached hydrogens (primary N) is 1. The van der Waals surface area contributed by atoms with E-state index in [4.69, 9.17) is 5.73 Å². The normalized spacial score (nSPS) is 10.9. The van der Waals surface area contributed by atoms with E-state index in [-0.39, 0.29) is 0 Å². The van der Waals surface area contributed by atoms with E-state index < -0.39 is 0 Å². The van der Waals surface area contributed by atoms with E-state index in [1.807, 2.05) is 13.2 Å². The lowest BCUT2D eigenvalue weighted by molar-refractivity contribution is 0.603. The fourth-order valence-corrected chi connectivity index (χ4v) is 1.59. The van der Waals surface area contributed by atoms with Crippen molar-refractivity contribution in [1.29, 1.82) is 0 Å². The van der Waals surface area contributed by atoms with Gasteiger partial charge in [0.05, 0.1) is 12.2 Å². The van der Waals surface area contributed by atoms with E-state index in [9.17, 15) is 0 Å². The number of nitrogens with zero attached hydrogens (tertiary/aromatic N) is 6. The lowest BCUT2D eigenvalue weighted by atomic mass is 10.2. The molecule has 0 radical (unpaired) electrons. The fourth-order valence-electron chi connectivity index (χ4n) is 1.59. The summed E-state index contributed by atoms with van der Waals surface area (Å²) >= 11 is 0. The van der Waals surface area contributed by atoms with Crippen LogP contribution in [0.1, 0.15) is 24.7 Å².